The zero-order chi connectivity index (χ0) is 15.0. The molecule has 0 aromatic heterocycles. The Balaban J connectivity index is 1.93. The number of amides is 1. The van der Waals surface area contributed by atoms with Crippen molar-refractivity contribution in [3.8, 4) is 0 Å². The van der Waals surface area contributed by atoms with E-state index in [0.29, 0.717) is 10.6 Å². The summed E-state index contributed by atoms with van der Waals surface area (Å²) in [7, 11) is 0. The summed E-state index contributed by atoms with van der Waals surface area (Å²) in [6, 6.07) is 15.4. The molecule has 2 aromatic rings. The lowest BCUT2D eigenvalue weighted by atomic mass is 10.1. The van der Waals surface area contributed by atoms with Gasteiger partial charge in [-0.2, -0.15) is 0 Å². The van der Waals surface area contributed by atoms with E-state index in [4.69, 9.17) is 18.0 Å². The molecule has 21 heavy (non-hydrogen) atoms. The van der Waals surface area contributed by atoms with E-state index in [-0.39, 0.29) is 11.9 Å². The molecule has 1 aliphatic heterocycles. The van der Waals surface area contributed by atoms with Gasteiger partial charge in [0.2, 0.25) is 0 Å². The third-order valence-electron chi connectivity index (χ3n) is 3.84. The van der Waals surface area contributed by atoms with Gasteiger partial charge in [0.25, 0.3) is 5.91 Å². The normalized spacial score (nSPS) is 16.6. The summed E-state index contributed by atoms with van der Waals surface area (Å²) in [4.78, 5) is 15.0. The van der Waals surface area contributed by atoms with E-state index in [2.05, 4.69) is 13.0 Å². The van der Waals surface area contributed by atoms with Crippen molar-refractivity contribution in [1.82, 2.24) is 0 Å². The molecule has 1 amide bonds. The molecule has 0 aliphatic carbocycles. The molecule has 106 valence electrons. The number of nitrogens with two attached hydrogens (primary N) is 1. The molecule has 0 fully saturated rings. The number of para-hydroxylation sites is 1. The van der Waals surface area contributed by atoms with Crippen molar-refractivity contribution in [2.45, 2.75) is 19.4 Å². The maximum atomic E-state index is 12.8. The van der Waals surface area contributed by atoms with Crippen LogP contribution >= 0.6 is 12.2 Å². The van der Waals surface area contributed by atoms with Crippen LogP contribution in [0.4, 0.5) is 5.69 Å². The number of thiocarbonyl (C=S) groups is 1. The number of hydrogen-bond acceptors (Lipinski definition) is 2. The molecule has 0 saturated carbocycles. The number of fused-ring (bicyclic) bond motifs is 1. The summed E-state index contributed by atoms with van der Waals surface area (Å²) in [6.07, 6.45) is 0.896. The molecule has 2 N–H and O–H groups in total. The van der Waals surface area contributed by atoms with E-state index in [0.717, 1.165) is 17.7 Å². The fraction of sp³-hybridized carbons (Fsp3) is 0.176. The average molecular weight is 296 g/mol. The highest BCUT2D eigenvalue weighted by atomic mass is 32.1. The number of hydrogen-bond donors (Lipinski definition) is 1. The van der Waals surface area contributed by atoms with Gasteiger partial charge in [-0.05, 0) is 37.1 Å². The van der Waals surface area contributed by atoms with Crippen LogP contribution in [0, 0.1) is 0 Å². The Morgan fingerprint density at radius 2 is 1.76 bits per heavy atom. The van der Waals surface area contributed by atoms with Crippen molar-refractivity contribution in [2.75, 3.05) is 4.90 Å². The Morgan fingerprint density at radius 3 is 2.43 bits per heavy atom. The lowest BCUT2D eigenvalue weighted by molar-refractivity contribution is 0.0981. The van der Waals surface area contributed by atoms with Crippen LogP contribution in [-0.2, 0) is 6.42 Å². The fourth-order valence-corrected chi connectivity index (χ4v) is 2.93. The molecule has 3 nitrogen and oxygen atoms in total. The molecular weight excluding hydrogens is 280 g/mol. The van der Waals surface area contributed by atoms with Gasteiger partial charge in [0, 0.05) is 22.9 Å². The summed E-state index contributed by atoms with van der Waals surface area (Å²) in [6.45, 7) is 2.07. The number of rotatable bonds is 2. The van der Waals surface area contributed by atoms with Crippen LogP contribution in [0.1, 0.15) is 28.4 Å². The third-order valence-corrected chi connectivity index (χ3v) is 4.08. The summed E-state index contributed by atoms with van der Waals surface area (Å²) in [5, 5.41) is 0. The maximum Gasteiger partial charge on any atom is 0.258 e. The highest BCUT2D eigenvalue weighted by Gasteiger charge is 2.31. The van der Waals surface area contributed by atoms with Gasteiger partial charge < -0.3 is 10.6 Å². The lowest BCUT2D eigenvalue weighted by Crippen LogP contribution is -2.35. The molecule has 0 radical (unpaired) electrons. The second-order valence-electron chi connectivity index (χ2n) is 5.30. The number of anilines is 1. The van der Waals surface area contributed by atoms with Crippen molar-refractivity contribution in [3.63, 3.8) is 0 Å². The minimum atomic E-state index is 0.0157. The van der Waals surface area contributed by atoms with Crippen molar-refractivity contribution in [2.24, 2.45) is 5.73 Å². The number of benzene rings is 2. The fourth-order valence-electron chi connectivity index (χ4n) is 2.79. The van der Waals surface area contributed by atoms with E-state index >= 15 is 0 Å². The van der Waals surface area contributed by atoms with Gasteiger partial charge in [0.15, 0.2) is 0 Å². The van der Waals surface area contributed by atoms with Crippen LogP contribution < -0.4 is 10.6 Å². The van der Waals surface area contributed by atoms with E-state index < -0.39 is 0 Å². The predicted octanol–water partition coefficient (Wildman–Crippen LogP) is 2.91. The van der Waals surface area contributed by atoms with Gasteiger partial charge in [-0.1, -0.05) is 42.5 Å². The molecule has 1 aliphatic rings. The predicted molar refractivity (Wildman–Crippen MR) is 88.7 cm³/mol. The van der Waals surface area contributed by atoms with Crippen molar-refractivity contribution in [3.05, 3.63) is 65.2 Å². The SMILES string of the molecule is CC1Cc2ccccc2N1C(=O)c1ccc(C(N)=S)cc1. The molecule has 1 unspecified atom stereocenters. The number of nitrogens with zero attached hydrogens (tertiary/aromatic N) is 1. The Hall–Kier alpha value is -2.20. The van der Waals surface area contributed by atoms with E-state index in [9.17, 15) is 4.79 Å². The molecule has 1 heterocycles. The monoisotopic (exact) mass is 296 g/mol. The summed E-state index contributed by atoms with van der Waals surface area (Å²) in [5.74, 6) is 0.0157. The largest absolute Gasteiger partial charge is 0.389 e. The molecule has 2 aromatic carbocycles. The molecule has 0 spiro atoms. The lowest BCUT2D eigenvalue weighted by Gasteiger charge is -2.22. The van der Waals surface area contributed by atoms with Crippen LogP contribution in [-0.4, -0.2) is 16.9 Å². The standard InChI is InChI=1S/C17H16N2OS/c1-11-10-14-4-2-3-5-15(14)19(11)17(20)13-8-6-12(7-9-13)16(18)21/h2-9,11H,10H2,1H3,(H2,18,21). The van der Waals surface area contributed by atoms with Gasteiger partial charge in [-0.15, -0.1) is 0 Å². The quantitative estimate of drug-likeness (QED) is 0.867. The maximum absolute atomic E-state index is 12.8. The Kier molecular flexibility index (Phi) is 3.47. The van der Waals surface area contributed by atoms with Crippen LogP contribution in [0.5, 0.6) is 0 Å². The molecular formula is C17H16N2OS. The average Bonchev–Trinajstić information content (AvgIpc) is 2.82. The topological polar surface area (TPSA) is 46.3 Å². The number of carbonyl (C=O) groups excluding carboxylic acids is 1. The minimum Gasteiger partial charge on any atom is -0.389 e. The minimum absolute atomic E-state index is 0.0157. The van der Waals surface area contributed by atoms with E-state index in [1.54, 1.807) is 24.3 Å². The molecule has 4 heteroatoms. The van der Waals surface area contributed by atoms with Gasteiger partial charge in [0.1, 0.15) is 4.99 Å². The number of carbonyl (C=O) groups is 1. The van der Waals surface area contributed by atoms with Gasteiger partial charge in [-0.3, -0.25) is 4.79 Å². The molecule has 0 bridgehead atoms. The van der Waals surface area contributed by atoms with Gasteiger partial charge >= 0.3 is 0 Å². The molecule has 0 saturated heterocycles. The summed E-state index contributed by atoms with van der Waals surface area (Å²) >= 11 is 4.93. The first kappa shape index (κ1) is 13.8. The summed E-state index contributed by atoms with van der Waals surface area (Å²) < 4.78 is 0. The smallest absolute Gasteiger partial charge is 0.258 e. The zero-order valence-electron chi connectivity index (χ0n) is 11.7. The van der Waals surface area contributed by atoms with Gasteiger partial charge in [0.05, 0.1) is 0 Å². The Morgan fingerprint density at radius 1 is 1.14 bits per heavy atom. The van der Waals surface area contributed by atoms with Crippen LogP contribution in [0.25, 0.3) is 0 Å². The summed E-state index contributed by atoms with van der Waals surface area (Å²) in [5.41, 5.74) is 9.24. The van der Waals surface area contributed by atoms with E-state index in [1.807, 2.05) is 23.1 Å². The first-order valence-electron chi connectivity index (χ1n) is 6.89. The third kappa shape index (κ3) is 2.43. The van der Waals surface area contributed by atoms with Crippen molar-refractivity contribution >= 4 is 28.8 Å². The highest BCUT2D eigenvalue weighted by Crippen LogP contribution is 2.33. The highest BCUT2D eigenvalue weighted by molar-refractivity contribution is 7.80. The van der Waals surface area contributed by atoms with Crippen LogP contribution in [0.2, 0.25) is 0 Å². The van der Waals surface area contributed by atoms with E-state index in [1.165, 1.54) is 5.56 Å². The second-order valence-corrected chi connectivity index (χ2v) is 5.74. The second kappa shape index (κ2) is 5.30. The Bertz CT molecular complexity index is 709. The van der Waals surface area contributed by atoms with Crippen LogP contribution in [0.15, 0.2) is 48.5 Å². The zero-order valence-corrected chi connectivity index (χ0v) is 12.6. The molecule has 3 rings (SSSR count). The first-order valence-corrected chi connectivity index (χ1v) is 7.30. The first-order chi connectivity index (χ1) is 10.1. The van der Waals surface area contributed by atoms with Crippen LogP contribution in [0.3, 0.4) is 0 Å². The molecule has 1 atom stereocenters. The van der Waals surface area contributed by atoms with Crippen molar-refractivity contribution < 1.29 is 4.79 Å². The van der Waals surface area contributed by atoms with Crippen molar-refractivity contribution in [1.29, 1.82) is 0 Å². The Labute approximate surface area is 129 Å². The van der Waals surface area contributed by atoms with Gasteiger partial charge in [-0.25, -0.2) is 0 Å².